The van der Waals surface area contributed by atoms with Crippen molar-refractivity contribution in [3.05, 3.63) is 76.8 Å². The predicted octanol–water partition coefficient (Wildman–Crippen LogP) is 6.14. The SMILES string of the molecule is CC(=O)Nc1cccc(-c2ccc3c(c2)[C@H](Nc2ccc(C#N)cc2Cl)C[C@H](C)N3C(C)=O)c1. The molecule has 0 spiro atoms. The Labute approximate surface area is 204 Å². The van der Waals surface area contributed by atoms with Crippen LogP contribution in [-0.2, 0) is 9.59 Å². The minimum absolute atomic E-state index is 0.00592. The Morgan fingerprint density at radius 1 is 1.06 bits per heavy atom. The van der Waals surface area contributed by atoms with Crippen molar-refractivity contribution >= 4 is 40.5 Å². The zero-order valence-electron chi connectivity index (χ0n) is 19.2. The Balaban J connectivity index is 1.77. The summed E-state index contributed by atoms with van der Waals surface area (Å²) in [6.45, 7) is 5.09. The third-order valence-electron chi connectivity index (χ3n) is 5.96. The van der Waals surface area contributed by atoms with E-state index in [-0.39, 0.29) is 23.9 Å². The average Bonchev–Trinajstić information content (AvgIpc) is 2.79. The zero-order valence-corrected chi connectivity index (χ0v) is 20.0. The topological polar surface area (TPSA) is 85.2 Å². The van der Waals surface area contributed by atoms with Crippen molar-refractivity contribution in [3.8, 4) is 17.2 Å². The van der Waals surface area contributed by atoms with E-state index >= 15 is 0 Å². The van der Waals surface area contributed by atoms with Gasteiger partial charge in [-0.25, -0.2) is 0 Å². The largest absolute Gasteiger partial charge is 0.377 e. The maximum absolute atomic E-state index is 12.5. The number of carbonyl (C=O) groups excluding carboxylic acids is 2. The van der Waals surface area contributed by atoms with Crippen molar-refractivity contribution in [2.45, 2.75) is 39.3 Å². The van der Waals surface area contributed by atoms with Gasteiger partial charge in [-0.2, -0.15) is 5.26 Å². The number of rotatable bonds is 4. The first-order chi connectivity index (χ1) is 16.3. The number of nitriles is 1. The van der Waals surface area contributed by atoms with E-state index in [1.165, 1.54) is 6.92 Å². The molecule has 2 N–H and O–H groups in total. The molecule has 1 aliphatic heterocycles. The molecule has 0 saturated heterocycles. The van der Waals surface area contributed by atoms with Crippen LogP contribution in [0.15, 0.2) is 60.7 Å². The molecular formula is C27H25ClN4O2. The molecule has 1 aliphatic rings. The van der Waals surface area contributed by atoms with Gasteiger partial charge in [-0.05, 0) is 72.5 Å². The van der Waals surface area contributed by atoms with Crippen molar-refractivity contribution in [1.29, 1.82) is 5.26 Å². The molecule has 0 bridgehead atoms. The van der Waals surface area contributed by atoms with E-state index in [1.54, 1.807) is 19.1 Å². The molecule has 2 atom stereocenters. The minimum Gasteiger partial charge on any atom is -0.377 e. The van der Waals surface area contributed by atoms with Gasteiger partial charge in [0, 0.05) is 31.3 Å². The molecule has 7 heteroatoms. The smallest absolute Gasteiger partial charge is 0.224 e. The summed E-state index contributed by atoms with van der Waals surface area (Å²) in [5.74, 6) is -0.138. The van der Waals surface area contributed by atoms with Gasteiger partial charge >= 0.3 is 0 Å². The van der Waals surface area contributed by atoms with E-state index in [9.17, 15) is 9.59 Å². The summed E-state index contributed by atoms with van der Waals surface area (Å²) in [6.07, 6.45) is 0.693. The second-order valence-electron chi connectivity index (χ2n) is 8.51. The molecule has 172 valence electrons. The van der Waals surface area contributed by atoms with Crippen LogP contribution in [0.1, 0.15) is 44.4 Å². The molecule has 0 unspecified atom stereocenters. The monoisotopic (exact) mass is 472 g/mol. The van der Waals surface area contributed by atoms with Gasteiger partial charge in [0.15, 0.2) is 0 Å². The maximum Gasteiger partial charge on any atom is 0.224 e. The van der Waals surface area contributed by atoms with E-state index in [0.717, 1.165) is 33.8 Å². The molecule has 1 heterocycles. The molecule has 0 aliphatic carbocycles. The number of hydrogen-bond donors (Lipinski definition) is 2. The lowest BCUT2D eigenvalue weighted by molar-refractivity contribution is -0.117. The fourth-order valence-corrected chi connectivity index (χ4v) is 4.76. The van der Waals surface area contributed by atoms with Crippen molar-refractivity contribution in [2.75, 3.05) is 15.5 Å². The number of nitrogens with one attached hydrogen (secondary N) is 2. The highest BCUT2D eigenvalue weighted by Crippen LogP contribution is 2.42. The predicted molar refractivity (Wildman–Crippen MR) is 136 cm³/mol. The molecular weight excluding hydrogens is 448 g/mol. The third kappa shape index (κ3) is 4.75. The fourth-order valence-electron chi connectivity index (χ4n) is 4.53. The van der Waals surface area contributed by atoms with Crippen LogP contribution in [0.5, 0.6) is 0 Å². The Hall–Kier alpha value is -3.82. The Kier molecular flexibility index (Phi) is 6.58. The molecule has 3 aromatic carbocycles. The Bertz CT molecular complexity index is 1310. The fraction of sp³-hybridized carbons (Fsp3) is 0.222. The lowest BCUT2D eigenvalue weighted by atomic mass is 9.88. The molecule has 4 rings (SSSR count). The van der Waals surface area contributed by atoms with Crippen molar-refractivity contribution < 1.29 is 9.59 Å². The summed E-state index contributed by atoms with van der Waals surface area (Å²) >= 11 is 6.44. The number of carbonyl (C=O) groups is 2. The van der Waals surface area contributed by atoms with Crippen LogP contribution in [-0.4, -0.2) is 17.9 Å². The first-order valence-corrected chi connectivity index (χ1v) is 11.4. The summed E-state index contributed by atoms with van der Waals surface area (Å²) in [6, 6.07) is 20.9. The first-order valence-electron chi connectivity index (χ1n) is 11.0. The van der Waals surface area contributed by atoms with Crippen LogP contribution < -0.4 is 15.5 Å². The molecule has 0 aromatic heterocycles. The highest BCUT2D eigenvalue weighted by molar-refractivity contribution is 6.33. The second kappa shape index (κ2) is 9.58. The van der Waals surface area contributed by atoms with E-state index in [0.29, 0.717) is 17.0 Å². The molecule has 2 amide bonds. The molecule has 0 saturated carbocycles. The quantitative estimate of drug-likeness (QED) is 0.478. The van der Waals surface area contributed by atoms with Crippen LogP contribution in [0.4, 0.5) is 17.1 Å². The van der Waals surface area contributed by atoms with Gasteiger partial charge in [0.05, 0.1) is 28.4 Å². The molecule has 0 fully saturated rings. The number of nitrogens with zero attached hydrogens (tertiary/aromatic N) is 2. The normalized spacial score (nSPS) is 16.9. The van der Waals surface area contributed by atoms with Gasteiger partial charge < -0.3 is 15.5 Å². The van der Waals surface area contributed by atoms with Gasteiger partial charge in [0.2, 0.25) is 11.8 Å². The van der Waals surface area contributed by atoms with E-state index in [4.69, 9.17) is 16.9 Å². The van der Waals surface area contributed by atoms with E-state index in [2.05, 4.69) is 22.8 Å². The van der Waals surface area contributed by atoms with Crippen LogP contribution >= 0.6 is 11.6 Å². The molecule has 34 heavy (non-hydrogen) atoms. The van der Waals surface area contributed by atoms with Crippen LogP contribution in [0.3, 0.4) is 0 Å². The van der Waals surface area contributed by atoms with E-state index < -0.39 is 0 Å². The molecule has 0 radical (unpaired) electrons. The van der Waals surface area contributed by atoms with Gasteiger partial charge in [0.25, 0.3) is 0 Å². The van der Waals surface area contributed by atoms with Crippen molar-refractivity contribution in [1.82, 2.24) is 0 Å². The number of fused-ring (bicyclic) bond motifs is 1. The number of benzene rings is 3. The highest BCUT2D eigenvalue weighted by Gasteiger charge is 2.33. The zero-order chi connectivity index (χ0) is 24.4. The summed E-state index contributed by atoms with van der Waals surface area (Å²) < 4.78 is 0. The molecule has 3 aromatic rings. The number of halogens is 1. The second-order valence-corrected chi connectivity index (χ2v) is 8.92. The van der Waals surface area contributed by atoms with Gasteiger partial charge in [-0.1, -0.05) is 29.8 Å². The van der Waals surface area contributed by atoms with Gasteiger partial charge in [0.1, 0.15) is 0 Å². The number of anilines is 3. The molecule has 6 nitrogen and oxygen atoms in total. The standard InChI is InChI=1S/C27H25ClN4O2/c1-16-11-26(31-25-9-7-19(15-29)12-24(25)28)23-14-21(8-10-27(23)32(16)18(3)34)20-5-4-6-22(13-20)30-17(2)33/h4-10,12-14,16,26,31H,11H2,1-3H3,(H,30,33)/t16-,26+/m0/s1. The average molecular weight is 473 g/mol. The highest BCUT2D eigenvalue weighted by atomic mass is 35.5. The number of hydrogen-bond acceptors (Lipinski definition) is 4. The third-order valence-corrected chi connectivity index (χ3v) is 6.28. The van der Waals surface area contributed by atoms with Crippen LogP contribution in [0, 0.1) is 11.3 Å². The van der Waals surface area contributed by atoms with Crippen LogP contribution in [0.25, 0.3) is 11.1 Å². The van der Waals surface area contributed by atoms with Crippen LogP contribution in [0.2, 0.25) is 5.02 Å². The van der Waals surface area contributed by atoms with Crippen molar-refractivity contribution in [2.24, 2.45) is 0 Å². The Morgan fingerprint density at radius 2 is 1.82 bits per heavy atom. The first kappa shape index (κ1) is 23.3. The number of amides is 2. The lowest BCUT2D eigenvalue weighted by Crippen LogP contribution is -2.43. The summed E-state index contributed by atoms with van der Waals surface area (Å²) in [7, 11) is 0. The van der Waals surface area contributed by atoms with Gasteiger partial charge in [-0.15, -0.1) is 0 Å². The van der Waals surface area contributed by atoms with Crippen molar-refractivity contribution in [3.63, 3.8) is 0 Å². The summed E-state index contributed by atoms with van der Waals surface area (Å²) in [5, 5.41) is 16.0. The minimum atomic E-state index is -0.128. The van der Waals surface area contributed by atoms with Gasteiger partial charge in [-0.3, -0.25) is 9.59 Å². The maximum atomic E-state index is 12.5. The van der Waals surface area contributed by atoms with E-state index in [1.807, 2.05) is 54.3 Å². The summed E-state index contributed by atoms with van der Waals surface area (Å²) in [4.78, 5) is 25.8. The summed E-state index contributed by atoms with van der Waals surface area (Å²) in [5.41, 5.74) is 5.72. The Morgan fingerprint density at radius 3 is 2.50 bits per heavy atom. The lowest BCUT2D eigenvalue weighted by Gasteiger charge is -2.40.